The molecule has 0 heterocycles. The van der Waals surface area contributed by atoms with Crippen LogP contribution in [0, 0.1) is 5.82 Å². The number of hydrogen-bond acceptors (Lipinski definition) is 4. The second-order valence-corrected chi connectivity index (χ2v) is 6.58. The number of carbonyl (C=O) groups excluding carboxylic acids is 1. The highest BCUT2D eigenvalue weighted by atomic mass is 32.2. The first-order chi connectivity index (χ1) is 8.89. The molecule has 0 aliphatic carbocycles. The predicted octanol–water partition coefficient (Wildman–Crippen LogP) is 2.23. The molecule has 0 saturated carbocycles. The number of ketones is 1. The van der Waals surface area contributed by atoms with Crippen molar-refractivity contribution in [3.63, 3.8) is 0 Å². The van der Waals surface area contributed by atoms with Crippen LogP contribution in [0.15, 0.2) is 18.2 Å². The minimum Gasteiger partial charge on any atom is -0.497 e. The molecule has 0 N–H and O–H groups in total. The third-order valence-corrected chi connectivity index (χ3v) is 4.57. The first-order valence-corrected chi connectivity index (χ1v) is 7.79. The molecule has 106 valence electrons. The molecule has 0 unspecified atom stereocenters. The second kappa shape index (κ2) is 6.65. The van der Waals surface area contributed by atoms with Crippen molar-refractivity contribution in [2.45, 2.75) is 19.8 Å². The zero-order chi connectivity index (χ0) is 14.5. The van der Waals surface area contributed by atoms with Crippen LogP contribution < -0.4 is 4.74 Å². The third kappa shape index (κ3) is 4.63. The van der Waals surface area contributed by atoms with Gasteiger partial charge in [0.15, 0.2) is 5.78 Å². The van der Waals surface area contributed by atoms with Gasteiger partial charge < -0.3 is 4.74 Å². The number of ether oxygens (including phenoxy) is 1. The number of benzene rings is 1. The quantitative estimate of drug-likeness (QED) is 0.722. The Morgan fingerprint density at radius 3 is 2.58 bits per heavy atom. The highest BCUT2D eigenvalue weighted by molar-refractivity contribution is 7.91. The van der Waals surface area contributed by atoms with Crippen LogP contribution in [0.25, 0.3) is 0 Å². The van der Waals surface area contributed by atoms with Crippen molar-refractivity contribution in [3.8, 4) is 5.75 Å². The molecule has 0 amide bonds. The molecule has 0 fully saturated rings. The standard InChI is InChI=1S/C13H17FO4S/c1-3-19(16,17)8-4-5-13(15)11-7-6-10(18-2)9-12(11)14/h6-7,9H,3-5,8H2,1-2H3. The molecule has 0 aliphatic heterocycles. The molecular weight excluding hydrogens is 271 g/mol. The van der Waals surface area contributed by atoms with E-state index in [1.807, 2.05) is 0 Å². The van der Waals surface area contributed by atoms with Crippen molar-refractivity contribution in [1.82, 2.24) is 0 Å². The van der Waals surface area contributed by atoms with Crippen LogP contribution in [0.5, 0.6) is 5.75 Å². The Labute approximate surface area is 112 Å². The van der Waals surface area contributed by atoms with Crippen LogP contribution in [0.1, 0.15) is 30.1 Å². The van der Waals surface area contributed by atoms with Crippen LogP contribution in [0.2, 0.25) is 0 Å². The second-order valence-electron chi connectivity index (χ2n) is 4.11. The summed E-state index contributed by atoms with van der Waals surface area (Å²) in [6, 6.07) is 3.99. The van der Waals surface area contributed by atoms with Crippen LogP contribution >= 0.6 is 0 Å². The van der Waals surface area contributed by atoms with Gasteiger partial charge in [-0.3, -0.25) is 4.79 Å². The summed E-state index contributed by atoms with van der Waals surface area (Å²) < 4.78 is 41.0. The topological polar surface area (TPSA) is 60.4 Å². The number of rotatable bonds is 7. The molecule has 0 aromatic heterocycles. The van der Waals surface area contributed by atoms with Crippen LogP contribution in [0.3, 0.4) is 0 Å². The molecule has 0 spiro atoms. The van der Waals surface area contributed by atoms with Gasteiger partial charge in [-0.15, -0.1) is 0 Å². The highest BCUT2D eigenvalue weighted by Crippen LogP contribution is 2.18. The molecular formula is C13H17FO4S. The molecule has 0 atom stereocenters. The Balaban J connectivity index is 2.64. The van der Waals surface area contributed by atoms with E-state index in [1.54, 1.807) is 6.92 Å². The van der Waals surface area contributed by atoms with Gasteiger partial charge in [-0.05, 0) is 18.6 Å². The summed E-state index contributed by atoms with van der Waals surface area (Å²) in [7, 11) is -1.68. The van der Waals surface area contributed by atoms with Gasteiger partial charge in [-0.2, -0.15) is 0 Å². The number of sulfone groups is 1. The van der Waals surface area contributed by atoms with Crippen LogP contribution in [0.4, 0.5) is 4.39 Å². The van der Waals surface area contributed by atoms with E-state index in [0.717, 1.165) is 6.07 Å². The molecule has 4 nitrogen and oxygen atoms in total. The first-order valence-electron chi connectivity index (χ1n) is 5.96. The number of methoxy groups -OCH3 is 1. The smallest absolute Gasteiger partial charge is 0.165 e. The first kappa shape index (κ1) is 15.6. The average molecular weight is 288 g/mol. The van der Waals surface area contributed by atoms with Crippen molar-refractivity contribution >= 4 is 15.6 Å². The molecule has 6 heteroatoms. The van der Waals surface area contributed by atoms with Crippen LogP contribution in [-0.4, -0.2) is 32.8 Å². The molecule has 1 rings (SSSR count). The fourth-order valence-corrected chi connectivity index (χ4v) is 2.45. The highest BCUT2D eigenvalue weighted by Gasteiger charge is 2.14. The number of hydrogen-bond donors (Lipinski definition) is 0. The van der Waals surface area contributed by atoms with Gasteiger partial charge >= 0.3 is 0 Å². The molecule has 1 aromatic rings. The number of halogens is 1. The van der Waals surface area contributed by atoms with E-state index in [0.29, 0.717) is 5.75 Å². The molecule has 19 heavy (non-hydrogen) atoms. The van der Waals surface area contributed by atoms with Gasteiger partial charge in [0.1, 0.15) is 21.4 Å². The van der Waals surface area contributed by atoms with Crippen molar-refractivity contribution in [2.75, 3.05) is 18.6 Å². The summed E-state index contributed by atoms with van der Waals surface area (Å²) in [6.45, 7) is 1.56. The monoisotopic (exact) mass is 288 g/mol. The zero-order valence-corrected chi connectivity index (χ0v) is 11.8. The summed E-state index contributed by atoms with van der Waals surface area (Å²) in [4.78, 5) is 11.8. The summed E-state index contributed by atoms with van der Waals surface area (Å²) in [5, 5.41) is 0. The van der Waals surface area contributed by atoms with E-state index in [2.05, 4.69) is 0 Å². The van der Waals surface area contributed by atoms with Crippen molar-refractivity contribution < 1.29 is 22.3 Å². The number of Topliss-reactive ketones (excluding diaryl/α,β-unsaturated/α-hetero) is 1. The molecule has 0 aliphatic rings. The van der Waals surface area contributed by atoms with Gasteiger partial charge in [-0.1, -0.05) is 6.92 Å². The Kier molecular flexibility index (Phi) is 5.47. The van der Waals surface area contributed by atoms with E-state index in [1.165, 1.54) is 19.2 Å². The minimum atomic E-state index is -3.08. The fourth-order valence-electron chi connectivity index (χ4n) is 1.58. The maximum absolute atomic E-state index is 13.6. The number of carbonyl (C=O) groups is 1. The van der Waals surface area contributed by atoms with Gasteiger partial charge in [-0.25, -0.2) is 12.8 Å². The normalized spacial score (nSPS) is 11.3. The van der Waals surface area contributed by atoms with E-state index in [9.17, 15) is 17.6 Å². The van der Waals surface area contributed by atoms with Crippen molar-refractivity contribution in [1.29, 1.82) is 0 Å². The van der Waals surface area contributed by atoms with Gasteiger partial charge in [0.05, 0.1) is 18.4 Å². The lowest BCUT2D eigenvalue weighted by molar-refractivity contribution is 0.0978. The third-order valence-electron chi connectivity index (χ3n) is 2.78. The van der Waals surface area contributed by atoms with Gasteiger partial charge in [0, 0.05) is 18.2 Å². The summed E-state index contributed by atoms with van der Waals surface area (Å²) >= 11 is 0. The summed E-state index contributed by atoms with van der Waals surface area (Å²) in [5.41, 5.74) is -0.0327. The molecule has 0 radical (unpaired) electrons. The Hall–Kier alpha value is -1.43. The lowest BCUT2D eigenvalue weighted by Gasteiger charge is -2.05. The SMILES string of the molecule is CCS(=O)(=O)CCCC(=O)c1ccc(OC)cc1F. The van der Waals surface area contributed by atoms with E-state index in [4.69, 9.17) is 4.74 Å². The van der Waals surface area contributed by atoms with E-state index >= 15 is 0 Å². The molecule has 1 aromatic carbocycles. The van der Waals surface area contributed by atoms with Crippen LogP contribution in [-0.2, 0) is 9.84 Å². The average Bonchev–Trinajstić information content (AvgIpc) is 2.38. The maximum Gasteiger partial charge on any atom is 0.165 e. The Morgan fingerprint density at radius 1 is 1.37 bits per heavy atom. The summed E-state index contributed by atoms with van der Waals surface area (Å²) in [6.07, 6.45) is 0.225. The lowest BCUT2D eigenvalue weighted by Crippen LogP contribution is -2.11. The van der Waals surface area contributed by atoms with Gasteiger partial charge in [0.2, 0.25) is 0 Å². The predicted molar refractivity (Wildman–Crippen MR) is 70.8 cm³/mol. The lowest BCUT2D eigenvalue weighted by atomic mass is 10.1. The fraction of sp³-hybridized carbons (Fsp3) is 0.462. The largest absolute Gasteiger partial charge is 0.497 e. The van der Waals surface area contributed by atoms with E-state index in [-0.39, 0.29) is 29.9 Å². The maximum atomic E-state index is 13.6. The minimum absolute atomic E-state index is 0.0163. The summed E-state index contributed by atoms with van der Waals surface area (Å²) in [5.74, 6) is -0.706. The zero-order valence-electron chi connectivity index (χ0n) is 11.0. The molecule has 0 saturated heterocycles. The Morgan fingerprint density at radius 2 is 2.05 bits per heavy atom. The molecule has 0 bridgehead atoms. The van der Waals surface area contributed by atoms with Gasteiger partial charge in [0.25, 0.3) is 0 Å². The van der Waals surface area contributed by atoms with Crippen molar-refractivity contribution in [3.05, 3.63) is 29.6 Å². The van der Waals surface area contributed by atoms with Crippen molar-refractivity contribution in [2.24, 2.45) is 0 Å². The van der Waals surface area contributed by atoms with E-state index < -0.39 is 21.4 Å². The Bertz CT molecular complexity index is 552.